The molecule has 1 heterocycles. The van der Waals surface area contributed by atoms with Crippen molar-refractivity contribution >= 4 is 17.0 Å². The summed E-state index contributed by atoms with van der Waals surface area (Å²) in [5.41, 5.74) is 0.348. The Morgan fingerprint density at radius 3 is 2.30 bits per heavy atom. The maximum Gasteiger partial charge on any atom is 0.0184 e. The van der Waals surface area contributed by atoms with Crippen LogP contribution in [-0.4, -0.2) is 23.5 Å². The molecule has 120 valence electrons. The van der Waals surface area contributed by atoms with Gasteiger partial charge in [-0.1, -0.05) is 45.1 Å². The predicted molar refractivity (Wildman–Crippen MR) is 96.9 cm³/mol. The van der Waals surface area contributed by atoms with Crippen molar-refractivity contribution in [2.45, 2.75) is 84.1 Å². The standard InChI is InChI=1S/C18H35N.BrH/c1-5-7-8-10-14-17(13-6-2)18(3,4)19-15-11-9-12-16-19;/h6,17H,2,5,7-16H2,1,3-4H3;1H. The number of hydrogen-bond donors (Lipinski definition) is 0. The zero-order valence-corrected chi connectivity index (χ0v) is 15.7. The van der Waals surface area contributed by atoms with E-state index in [4.69, 9.17) is 0 Å². The van der Waals surface area contributed by atoms with Crippen LogP contribution in [0.15, 0.2) is 12.7 Å². The summed E-state index contributed by atoms with van der Waals surface area (Å²) in [5, 5.41) is 0. The van der Waals surface area contributed by atoms with Crippen LogP contribution in [0.2, 0.25) is 0 Å². The van der Waals surface area contributed by atoms with E-state index >= 15 is 0 Å². The van der Waals surface area contributed by atoms with Gasteiger partial charge in [0.2, 0.25) is 0 Å². The summed E-state index contributed by atoms with van der Waals surface area (Å²) in [6.45, 7) is 13.8. The number of hydrogen-bond acceptors (Lipinski definition) is 1. The van der Waals surface area contributed by atoms with Crippen LogP contribution in [-0.2, 0) is 0 Å². The monoisotopic (exact) mass is 345 g/mol. The largest absolute Gasteiger partial charge is 0.298 e. The Kier molecular flexibility index (Phi) is 10.9. The molecule has 1 saturated heterocycles. The van der Waals surface area contributed by atoms with Crippen molar-refractivity contribution in [1.82, 2.24) is 4.90 Å². The van der Waals surface area contributed by atoms with Gasteiger partial charge >= 0.3 is 0 Å². The Hall–Kier alpha value is 0.180. The van der Waals surface area contributed by atoms with Crippen molar-refractivity contribution in [1.29, 1.82) is 0 Å². The van der Waals surface area contributed by atoms with E-state index < -0.39 is 0 Å². The van der Waals surface area contributed by atoms with E-state index in [1.807, 2.05) is 0 Å². The lowest BCUT2D eigenvalue weighted by atomic mass is 9.79. The van der Waals surface area contributed by atoms with Crippen LogP contribution < -0.4 is 0 Å². The van der Waals surface area contributed by atoms with Crippen molar-refractivity contribution in [3.05, 3.63) is 12.7 Å². The topological polar surface area (TPSA) is 3.24 Å². The highest BCUT2D eigenvalue weighted by molar-refractivity contribution is 8.93. The lowest BCUT2D eigenvalue weighted by Crippen LogP contribution is -2.51. The van der Waals surface area contributed by atoms with Gasteiger partial charge < -0.3 is 0 Å². The first-order valence-corrected chi connectivity index (χ1v) is 8.48. The summed E-state index contributed by atoms with van der Waals surface area (Å²) >= 11 is 0. The number of rotatable bonds is 9. The summed E-state index contributed by atoms with van der Waals surface area (Å²) in [5.74, 6) is 0.778. The van der Waals surface area contributed by atoms with Crippen molar-refractivity contribution < 1.29 is 0 Å². The van der Waals surface area contributed by atoms with E-state index in [0.29, 0.717) is 5.54 Å². The molecule has 1 unspecified atom stereocenters. The molecular weight excluding hydrogens is 310 g/mol. The second kappa shape index (κ2) is 10.8. The Morgan fingerprint density at radius 1 is 1.10 bits per heavy atom. The first-order chi connectivity index (χ1) is 9.12. The van der Waals surface area contributed by atoms with E-state index in [2.05, 4.69) is 38.3 Å². The summed E-state index contributed by atoms with van der Waals surface area (Å²) in [7, 11) is 0. The molecule has 0 saturated carbocycles. The summed E-state index contributed by atoms with van der Waals surface area (Å²) in [6, 6.07) is 0. The summed E-state index contributed by atoms with van der Waals surface area (Å²) in [4.78, 5) is 2.74. The first kappa shape index (κ1) is 20.2. The van der Waals surface area contributed by atoms with Crippen molar-refractivity contribution in [3.8, 4) is 0 Å². The summed E-state index contributed by atoms with van der Waals surface area (Å²) < 4.78 is 0. The predicted octanol–water partition coefficient (Wildman–Crippen LogP) is 5.99. The molecule has 0 aromatic carbocycles. The molecule has 1 aliphatic rings. The van der Waals surface area contributed by atoms with Gasteiger partial charge in [-0.15, -0.1) is 23.6 Å². The van der Waals surface area contributed by atoms with Gasteiger partial charge in [0.1, 0.15) is 0 Å². The van der Waals surface area contributed by atoms with Crippen LogP contribution in [0.1, 0.15) is 78.6 Å². The molecule has 1 atom stereocenters. The number of halogens is 1. The molecule has 0 aromatic heterocycles. The molecule has 1 aliphatic heterocycles. The van der Waals surface area contributed by atoms with Gasteiger partial charge in [0.15, 0.2) is 0 Å². The Morgan fingerprint density at radius 2 is 1.75 bits per heavy atom. The lowest BCUT2D eigenvalue weighted by Gasteiger charge is -2.46. The minimum Gasteiger partial charge on any atom is -0.298 e. The molecule has 0 bridgehead atoms. The molecule has 20 heavy (non-hydrogen) atoms. The van der Waals surface area contributed by atoms with E-state index in [9.17, 15) is 0 Å². The van der Waals surface area contributed by atoms with Crippen molar-refractivity contribution in [2.24, 2.45) is 5.92 Å². The van der Waals surface area contributed by atoms with Crippen LogP contribution in [0.25, 0.3) is 0 Å². The SMILES string of the molecule is Br.C=CCC(CCCCCC)C(C)(C)N1CCCCC1. The van der Waals surface area contributed by atoms with E-state index in [-0.39, 0.29) is 17.0 Å². The maximum absolute atomic E-state index is 3.99. The second-order valence-corrected chi connectivity index (χ2v) is 6.77. The Bertz CT molecular complexity index is 244. The third kappa shape index (κ3) is 6.30. The fourth-order valence-corrected chi connectivity index (χ4v) is 3.51. The van der Waals surface area contributed by atoms with Crippen LogP contribution in [0, 0.1) is 5.92 Å². The zero-order valence-electron chi connectivity index (χ0n) is 14.0. The number of allylic oxidation sites excluding steroid dienone is 1. The molecule has 1 nitrogen and oxygen atoms in total. The highest BCUT2D eigenvalue weighted by Gasteiger charge is 2.34. The van der Waals surface area contributed by atoms with Gasteiger partial charge in [-0.05, 0) is 58.5 Å². The molecule has 2 heteroatoms. The van der Waals surface area contributed by atoms with Gasteiger partial charge in [0.05, 0.1) is 0 Å². The Labute approximate surface area is 138 Å². The fourth-order valence-electron chi connectivity index (χ4n) is 3.51. The number of likely N-dealkylation sites (tertiary alicyclic amines) is 1. The van der Waals surface area contributed by atoms with Crippen molar-refractivity contribution in [2.75, 3.05) is 13.1 Å². The van der Waals surface area contributed by atoms with Gasteiger partial charge in [0, 0.05) is 5.54 Å². The normalized spacial score (nSPS) is 18.4. The Balaban J connectivity index is 0.00000361. The highest BCUT2D eigenvalue weighted by atomic mass is 79.9. The van der Waals surface area contributed by atoms with Gasteiger partial charge in [0.25, 0.3) is 0 Å². The minimum absolute atomic E-state index is 0. The molecule has 0 amide bonds. The molecular formula is C18H36BrN. The number of unbranched alkanes of at least 4 members (excludes halogenated alkanes) is 3. The van der Waals surface area contributed by atoms with E-state index in [1.165, 1.54) is 70.9 Å². The molecule has 0 aliphatic carbocycles. The minimum atomic E-state index is 0. The van der Waals surface area contributed by atoms with Gasteiger partial charge in [-0.2, -0.15) is 0 Å². The zero-order chi connectivity index (χ0) is 14.1. The molecule has 0 aromatic rings. The molecule has 1 rings (SSSR count). The van der Waals surface area contributed by atoms with Crippen LogP contribution >= 0.6 is 17.0 Å². The molecule has 1 fully saturated rings. The average Bonchev–Trinajstić information content (AvgIpc) is 2.43. The third-order valence-electron chi connectivity index (χ3n) is 5.03. The number of piperidine rings is 1. The summed E-state index contributed by atoms with van der Waals surface area (Å²) in [6.07, 6.45) is 14.4. The van der Waals surface area contributed by atoms with Crippen LogP contribution in [0.4, 0.5) is 0 Å². The third-order valence-corrected chi connectivity index (χ3v) is 5.03. The average molecular weight is 346 g/mol. The lowest BCUT2D eigenvalue weighted by molar-refractivity contribution is 0.0408. The first-order valence-electron chi connectivity index (χ1n) is 8.48. The molecule has 0 spiro atoms. The fraction of sp³-hybridized carbons (Fsp3) is 0.889. The smallest absolute Gasteiger partial charge is 0.0184 e. The maximum atomic E-state index is 3.99. The van der Waals surface area contributed by atoms with Gasteiger partial charge in [-0.25, -0.2) is 0 Å². The van der Waals surface area contributed by atoms with Crippen LogP contribution in [0.5, 0.6) is 0 Å². The van der Waals surface area contributed by atoms with Crippen molar-refractivity contribution in [3.63, 3.8) is 0 Å². The molecule has 0 N–H and O–H groups in total. The van der Waals surface area contributed by atoms with Crippen LogP contribution in [0.3, 0.4) is 0 Å². The van der Waals surface area contributed by atoms with E-state index in [1.54, 1.807) is 0 Å². The number of nitrogens with zero attached hydrogens (tertiary/aromatic N) is 1. The second-order valence-electron chi connectivity index (χ2n) is 6.77. The van der Waals surface area contributed by atoms with Gasteiger partial charge in [-0.3, -0.25) is 4.90 Å². The highest BCUT2D eigenvalue weighted by Crippen LogP contribution is 2.33. The van der Waals surface area contributed by atoms with E-state index in [0.717, 1.165) is 5.92 Å². The molecule has 0 radical (unpaired) electrons. The quantitative estimate of drug-likeness (QED) is 0.366.